The number of aliphatic hydroxyl groups is 1. The minimum Gasteiger partial charge on any atom is -0.481 e. The van der Waals surface area contributed by atoms with Gasteiger partial charge in [0, 0.05) is 19.3 Å². The number of carbonyl (C=O) groups excluding carboxylic acids is 5. The van der Waals surface area contributed by atoms with Crippen LogP contribution in [0.25, 0.3) is 0 Å². The van der Waals surface area contributed by atoms with E-state index in [1.165, 1.54) is 13.8 Å². The predicted molar refractivity (Wildman–Crippen MR) is 146 cm³/mol. The van der Waals surface area contributed by atoms with Crippen molar-refractivity contribution in [3.05, 3.63) is 35.9 Å². The Morgan fingerprint density at radius 2 is 1.36 bits per heavy atom. The van der Waals surface area contributed by atoms with Gasteiger partial charge in [-0.3, -0.25) is 28.8 Å². The van der Waals surface area contributed by atoms with Gasteiger partial charge in [0.25, 0.3) is 0 Å². The molecule has 0 spiro atoms. The van der Waals surface area contributed by atoms with Crippen LogP contribution in [-0.4, -0.2) is 93.1 Å². The fourth-order valence-corrected chi connectivity index (χ4v) is 3.62. The maximum atomic E-state index is 12.9. The monoisotopic (exact) mass is 594 g/mol. The van der Waals surface area contributed by atoms with Crippen molar-refractivity contribution in [3.63, 3.8) is 0 Å². The normalized spacial score (nSPS) is 15.0. The standard InChI is InChI=1S/C26H38N6O10/c1-13(29-25(40)21(14(2)33)32-23(38)16(27)8-10-19(28)34)22(37)30-17(9-11-20(35)36)24(39)31-18(26(41)42)12-15-6-4-3-5-7-15/h3-7,13-14,16-18,21,33H,8-12,27H2,1-2H3,(H2,28,34)(H,29,40)(H,30,37)(H,31,39)(H,32,38)(H,35,36)(H,41,42)/t13-,14+,16-,17-,18-,21-/m0/s1. The molecule has 1 rings (SSSR count). The zero-order valence-corrected chi connectivity index (χ0v) is 23.2. The second-order valence-corrected chi connectivity index (χ2v) is 9.65. The number of nitrogens with two attached hydrogens (primary N) is 2. The van der Waals surface area contributed by atoms with Crippen molar-refractivity contribution in [1.82, 2.24) is 21.3 Å². The number of rotatable bonds is 18. The first-order valence-corrected chi connectivity index (χ1v) is 13.0. The molecular weight excluding hydrogens is 556 g/mol. The Labute approximate surface area is 241 Å². The number of aliphatic carboxylic acids is 2. The largest absolute Gasteiger partial charge is 0.481 e. The first-order chi connectivity index (χ1) is 19.6. The SMILES string of the molecule is C[C@H](NC(=O)[C@@H](NC(=O)[C@@H](N)CCC(N)=O)[C@@H](C)O)C(=O)N[C@@H](CCC(=O)O)C(=O)N[C@@H](Cc1ccccc1)C(=O)O. The number of carboxylic acid groups (broad SMARTS) is 2. The summed E-state index contributed by atoms with van der Waals surface area (Å²) in [6, 6.07) is 1.47. The van der Waals surface area contributed by atoms with Crippen LogP contribution in [0.15, 0.2) is 30.3 Å². The van der Waals surface area contributed by atoms with E-state index in [4.69, 9.17) is 16.6 Å². The highest BCUT2D eigenvalue weighted by molar-refractivity contribution is 5.95. The van der Waals surface area contributed by atoms with Gasteiger partial charge in [0.05, 0.1) is 12.1 Å². The highest BCUT2D eigenvalue weighted by Gasteiger charge is 2.32. The van der Waals surface area contributed by atoms with E-state index in [9.17, 15) is 43.8 Å². The van der Waals surface area contributed by atoms with Gasteiger partial charge in [-0.1, -0.05) is 30.3 Å². The number of hydrogen-bond acceptors (Lipinski definition) is 9. The van der Waals surface area contributed by atoms with Crippen molar-refractivity contribution in [2.75, 3.05) is 0 Å². The maximum absolute atomic E-state index is 12.9. The van der Waals surface area contributed by atoms with Crippen molar-refractivity contribution in [2.45, 2.75) is 82.3 Å². The quantitative estimate of drug-likeness (QED) is 0.0831. The van der Waals surface area contributed by atoms with Crippen LogP contribution in [0.1, 0.15) is 45.1 Å². The molecule has 11 N–H and O–H groups in total. The van der Waals surface area contributed by atoms with Gasteiger partial charge in [0.2, 0.25) is 29.5 Å². The topological polar surface area (TPSA) is 280 Å². The molecule has 0 heterocycles. The molecule has 6 atom stereocenters. The number of primary amides is 1. The van der Waals surface area contributed by atoms with Crippen LogP contribution in [0.2, 0.25) is 0 Å². The van der Waals surface area contributed by atoms with Gasteiger partial charge in [-0.2, -0.15) is 0 Å². The van der Waals surface area contributed by atoms with E-state index in [1.807, 2.05) is 0 Å². The fraction of sp³-hybridized carbons (Fsp3) is 0.500. The lowest BCUT2D eigenvalue weighted by Gasteiger charge is -2.26. The Balaban J connectivity index is 2.92. The molecule has 232 valence electrons. The van der Waals surface area contributed by atoms with Gasteiger partial charge in [0.15, 0.2) is 0 Å². The summed E-state index contributed by atoms with van der Waals surface area (Å²) >= 11 is 0. The van der Waals surface area contributed by atoms with Crippen LogP contribution in [0.3, 0.4) is 0 Å². The highest BCUT2D eigenvalue weighted by Crippen LogP contribution is 2.06. The summed E-state index contributed by atoms with van der Waals surface area (Å²) in [5.74, 6) is -7.04. The first-order valence-electron chi connectivity index (χ1n) is 13.0. The Morgan fingerprint density at radius 3 is 1.88 bits per heavy atom. The van der Waals surface area contributed by atoms with Crippen LogP contribution in [-0.2, 0) is 40.0 Å². The predicted octanol–water partition coefficient (Wildman–Crippen LogP) is -2.89. The molecule has 0 saturated carbocycles. The first kappa shape index (κ1) is 35.5. The summed E-state index contributed by atoms with van der Waals surface area (Å²) in [4.78, 5) is 84.6. The zero-order valence-electron chi connectivity index (χ0n) is 23.2. The van der Waals surface area contributed by atoms with Crippen molar-refractivity contribution >= 4 is 41.5 Å². The summed E-state index contributed by atoms with van der Waals surface area (Å²) in [6.45, 7) is 2.43. The van der Waals surface area contributed by atoms with Gasteiger partial charge in [-0.05, 0) is 32.3 Å². The van der Waals surface area contributed by atoms with Crippen LogP contribution in [0, 0.1) is 0 Å². The Bertz CT molecular complexity index is 1130. The third kappa shape index (κ3) is 12.7. The van der Waals surface area contributed by atoms with Crippen molar-refractivity contribution in [3.8, 4) is 0 Å². The van der Waals surface area contributed by atoms with E-state index < -0.39 is 84.2 Å². The molecule has 0 unspecified atom stereocenters. The van der Waals surface area contributed by atoms with E-state index in [1.54, 1.807) is 30.3 Å². The van der Waals surface area contributed by atoms with Crippen LogP contribution in [0.5, 0.6) is 0 Å². The molecule has 5 amide bonds. The number of aliphatic hydroxyl groups excluding tert-OH is 1. The number of hydrogen-bond donors (Lipinski definition) is 9. The molecule has 0 radical (unpaired) electrons. The second-order valence-electron chi connectivity index (χ2n) is 9.65. The van der Waals surface area contributed by atoms with Crippen LogP contribution >= 0.6 is 0 Å². The lowest BCUT2D eigenvalue weighted by Crippen LogP contribution is -2.60. The summed E-state index contributed by atoms with van der Waals surface area (Å²) in [5, 5.41) is 37.8. The number of nitrogens with one attached hydrogen (secondary N) is 4. The zero-order chi connectivity index (χ0) is 32.0. The van der Waals surface area contributed by atoms with E-state index >= 15 is 0 Å². The molecule has 0 aliphatic carbocycles. The molecule has 42 heavy (non-hydrogen) atoms. The molecule has 16 nitrogen and oxygen atoms in total. The summed E-state index contributed by atoms with van der Waals surface area (Å²) in [7, 11) is 0. The Morgan fingerprint density at radius 1 is 0.762 bits per heavy atom. The number of amides is 5. The smallest absolute Gasteiger partial charge is 0.326 e. The molecule has 0 aliphatic rings. The van der Waals surface area contributed by atoms with Crippen LogP contribution < -0.4 is 32.7 Å². The highest BCUT2D eigenvalue weighted by atomic mass is 16.4. The molecule has 16 heteroatoms. The average Bonchev–Trinajstić information content (AvgIpc) is 2.91. The van der Waals surface area contributed by atoms with Gasteiger partial charge < -0.3 is 48.1 Å². The van der Waals surface area contributed by atoms with Crippen molar-refractivity contribution < 1.29 is 48.9 Å². The van der Waals surface area contributed by atoms with E-state index in [0.717, 1.165) is 0 Å². The summed E-state index contributed by atoms with van der Waals surface area (Å²) in [6.07, 6.45) is -2.73. The molecule has 1 aromatic rings. The molecule has 1 aromatic carbocycles. The second kappa shape index (κ2) is 17.3. The van der Waals surface area contributed by atoms with Crippen molar-refractivity contribution in [2.24, 2.45) is 11.5 Å². The lowest BCUT2D eigenvalue weighted by molar-refractivity contribution is -0.143. The van der Waals surface area contributed by atoms with Crippen LogP contribution in [0.4, 0.5) is 0 Å². The van der Waals surface area contributed by atoms with Gasteiger partial charge in [0.1, 0.15) is 24.2 Å². The lowest BCUT2D eigenvalue weighted by atomic mass is 10.0. The fourth-order valence-electron chi connectivity index (χ4n) is 3.62. The van der Waals surface area contributed by atoms with Gasteiger partial charge in [-0.15, -0.1) is 0 Å². The van der Waals surface area contributed by atoms with E-state index in [0.29, 0.717) is 5.56 Å². The van der Waals surface area contributed by atoms with Gasteiger partial charge in [-0.25, -0.2) is 4.79 Å². The molecule has 0 aromatic heterocycles. The molecule has 0 aliphatic heterocycles. The molecule has 0 saturated heterocycles. The molecule has 0 fully saturated rings. The maximum Gasteiger partial charge on any atom is 0.326 e. The minimum atomic E-state index is -1.55. The third-order valence-corrected chi connectivity index (χ3v) is 6.03. The Kier molecular flexibility index (Phi) is 14.6. The number of carbonyl (C=O) groups is 7. The third-order valence-electron chi connectivity index (χ3n) is 6.03. The number of benzene rings is 1. The molecule has 0 bridgehead atoms. The van der Waals surface area contributed by atoms with Gasteiger partial charge >= 0.3 is 11.9 Å². The minimum absolute atomic E-state index is 0.0768. The molecular formula is C26H38N6O10. The number of carboxylic acids is 2. The Hall–Kier alpha value is -4.57. The van der Waals surface area contributed by atoms with E-state index in [-0.39, 0.29) is 25.7 Å². The summed E-state index contributed by atoms with van der Waals surface area (Å²) < 4.78 is 0. The van der Waals surface area contributed by atoms with Crippen molar-refractivity contribution in [1.29, 1.82) is 0 Å². The van der Waals surface area contributed by atoms with E-state index in [2.05, 4.69) is 21.3 Å². The summed E-state index contributed by atoms with van der Waals surface area (Å²) in [5.41, 5.74) is 11.3. The average molecular weight is 595 g/mol.